The molecule has 1 heterocycles. The Morgan fingerprint density at radius 1 is 1.11 bits per heavy atom. The smallest absolute Gasteiger partial charge is 0.256 e. The molecule has 2 N–H and O–H groups in total. The Labute approximate surface area is 214 Å². The normalized spacial score (nSPS) is 10.6. The molecule has 0 aliphatic carbocycles. The first kappa shape index (κ1) is 27.1. The van der Waals surface area contributed by atoms with Crippen molar-refractivity contribution in [3.05, 3.63) is 80.9 Å². The van der Waals surface area contributed by atoms with Crippen LogP contribution in [0.2, 0.25) is 0 Å². The summed E-state index contributed by atoms with van der Waals surface area (Å²) in [6.45, 7) is 3.25. The van der Waals surface area contributed by atoms with Gasteiger partial charge in [-0.05, 0) is 49.2 Å². The molecule has 9 nitrogen and oxygen atoms in total. The molecular formula is C27H30FN5O4. The van der Waals surface area contributed by atoms with E-state index in [-0.39, 0.29) is 40.6 Å². The number of hydrogen-bond acceptors (Lipinski definition) is 5. The number of anilines is 4. The van der Waals surface area contributed by atoms with Gasteiger partial charge in [-0.3, -0.25) is 28.6 Å². The topological polar surface area (TPSA) is 104 Å². The Kier molecular flexibility index (Phi) is 8.11. The highest BCUT2D eigenvalue weighted by atomic mass is 19.1. The lowest BCUT2D eigenvalue weighted by Gasteiger charge is -2.26. The van der Waals surface area contributed by atoms with E-state index in [2.05, 4.69) is 10.6 Å². The summed E-state index contributed by atoms with van der Waals surface area (Å²) in [7, 11) is 6.17. The molecule has 10 heteroatoms. The van der Waals surface area contributed by atoms with E-state index in [9.17, 15) is 23.6 Å². The molecule has 0 aliphatic rings. The van der Waals surface area contributed by atoms with Crippen molar-refractivity contribution in [1.82, 2.24) is 14.8 Å². The van der Waals surface area contributed by atoms with E-state index in [4.69, 9.17) is 0 Å². The molecule has 1 aromatic heterocycles. The number of rotatable bonds is 8. The third-order valence-corrected chi connectivity index (χ3v) is 6.01. The molecule has 0 aliphatic heterocycles. The first-order valence-electron chi connectivity index (χ1n) is 11.5. The number of aromatic nitrogens is 1. The number of nitrogens with zero attached hydrogens (tertiary/aromatic N) is 3. The van der Waals surface area contributed by atoms with Gasteiger partial charge in [0, 0.05) is 39.4 Å². The molecule has 0 bridgehead atoms. The van der Waals surface area contributed by atoms with Gasteiger partial charge in [0.15, 0.2) is 0 Å². The summed E-state index contributed by atoms with van der Waals surface area (Å²) in [5.74, 6) is -1.27. The van der Waals surface area contributed by atoms with Gasteiger partial charge in [0.1, 0.15) is 17.2 Å². The van der Waals surface area contributed by atoms with Crippen molar-refractivity contribution in [2.45, 2.75) is 20.3 Å². The summed E-state index contributed by atoms with van der Waals surface area (Å²) < 4.78 is 15.9. The number of aryl methyl sites for hydroxylation is 1. The second-order valence-electron chi connectivity index (χ2n) is 8.86. The number of carbonyl (C=O) groups excluding carboxylic acids is 3. The second kappa shape index (κ2) is 11.1. The third kappa shape index (κ3) is 5.53. The average Bonchev–Trinajstić information content (AvgIpc) is 2.86. The first-order chi connectivity index (χ1) is 17.5. The van der Waals surface area contributed by atoms with E-state index >= 15 is 0 Å². The molecular weight excluding hydrogens is 477 g/mol. The highest BCUT2D eigenvalue weighted by Gasteiger charge is 2.28. The highest BCUT2D eigenvalue weighted by molar-refractivity contribution is 6.08. The van der Waals surface area contributed by atoms with Crippen molar-refractivity contribution in [3.8, 4) is 0 Å². The van der Waals surface area contributed by atoms with E-state index < -0.39 is 17.3 Å². The largest absolute Gasteiger partial charge is 0.355 e. The van der Waals surface area contributed by atoms with Crippen LogP contribution in [-0.2, 0) is 23.1 Å². The summed E-state index contributed by atoms with van der Waals surface area (Å²) in [5, 5.41) is 5.42. The molecule has 0 fully saturated rings. The van der Waals surface area contributed by atoms with Gasteiger partial charge in [-0.2, -0.15) is 0 Å². The van der Waals surface area contributed by atoms with Gasteiger partial charge in [-0.25, -0.2) is 4.39 Å². The van der Waals surface area contributed by atoms with Crippen molar-refractivity contribution in [2.24, 2.45) is 7.05 Å². The minimum atomic E-state index is -0.588. The number of halogens is 1. The lowest BCUT2D eigenvalue weighted by Crippen LogP contribution is -2.33. The van der Waals surface area contributed by atoms with Crippen LogP contribution >= 0.6 is 0 Å². The van der Waals surface area contributed by atoms with Crippen molar-refractivity contribution in [2.75, 3.05) is 31.4 Å². The van der Waals surface area contributed by atoms with Gasteiger partial charge in [-0.15, -0.1) is 0 Å². The van der Waals surface area contributed by atoms with Gasteiger partial charge >= 0.3 is 0 Å². The Balaban J connectivity index is 2.26. The molecule has 0 saturated heterocycles. The standard InChI is InChI=1S/C27H30FN5O4/c1-16-10-11-21(20(28)12-16)30-25-23(26(36)29-3)24(17(2)27(37)32(25)6)33(15-34)19-9-7-8-18(13-19)14-22(35)31(4)5/h7-13,15,30H,14H2,1-6H3,(H,29,36). The van der Waals surface area contributed by atoms with E-state index in [1.165, 1.54) is 47.5 Å². The minimum absolute atomic E-state index is 0.0125. The molecule has 0 atom stereocenters. The van der Waals surface area contributed by atoms with Crippen LogP contribution in [0.3, 0.4) is 0 Å². The summed E-state index contributed by atoms with van der Waals surface area (Å²) in [5.41, 5.74) is 1.43. The van der Waals surface area contributed by atoms with Crippen LogP contribution in [0.15, 0.2) is 47.3 Å². The van der Waals surface area contributed by atoms with Gasteiger partial charge in [0.2, 0.25) is 12.3 Å². The van der Waals surface area contributed by atoms with Crippen LogP contribution in [0, 0.1) is 19.7 Å². The monoisotopic (exact) mass is 507 g/mol. The number of benzene rings is 2. The first-order valence-corrected chi connectivity index (χ1v) is 11.5. The highest BCUT2D eigenvalue weighted by Crippen LogP contribution is 2.35. The molecule has 3 rings (SSSR count). The van der Waals surface area contributed by atoms with Crippen LogP contribution in [0.4, 0.5) is 27.3 Å². The zero-order valence-electron chi connectivity index (χ0n) is 21.7. The number of carbonyl (C=O) groups is 3. The van der Waals surface area contributed by atoms with Gasteiger partial charge in [-0.1, -0.05) is 18.2 Å². The summed E-state index contributed by atoms with van der Waals surface area (Å²) in [4.78, 5) is 53.7. The van der Waals surface area contributed by atoms with Crippen molar-refractivity contribution in [3.63, 3.8) is 0 Å². The van der Waals surface area contributed by atoms with Gasteiger partial charge in [0.25, 0.3) is 11.5 Å². The SMILES string of the molecule is CNC(=O)c1c(N(C=O)c2cccc(CC(=O)N(C)C)c2)c(C)c(=O)n(C)c1Nc1ccc(C)cc1F. The fourth-order valence-electron chi connectivity index (χ4n) is 3.95. The zero-order chi connectivity index (χ0) is 27.4. The lowest BCUT2D eigenvalue weighted by molar-refractivity contribution is -0.127. The van der Waals surface area contributed by atoms with Crippen LogP contribution < -0.4 is 21.1 Å². The Bertz CT molecular complexity index is 1430. The second-order valence-corrected chi connectivity index (χ2v) is 8.86. The van der Waals surface area contributed by atoms with E-state index in [0.29, 0.717) is 23.2 Å². The van der Waals surface area contributed by atoms with Crippen LogP contribution in [0.25, 0.3) is 0 Å². The maximum atomic E-state index is 14.7. The van der Waals surface area contributed by atoms with Crippen LogP contribution in [0.5, 0.6) is 0 Å². The van der Waals surface area contributed by atoms with Crippen LogP contribution in [-0.4, -0.2) is 48.8 Å². The fourth-order valence-corrected chi connectivity index (χ4v) is 3.95. The van der Waals surface area contributed by atoms with E-state index in [1.807, 2.05) is 0 Å². The summed E-state index contributed by atoms with van der Waals surface area (Å²) in [6, 6.07) is 11.2. The maximum Gasteiger partial charge on any atom is 0.256 e. The molecule has 2 aromatic carbocycles. The molecule has 0 saturated carbocycles. The summed E-state index contributed by atoms with van der Waals surface area (Å²) >= 11 is 0. The quantitative estimate of drug-likeness (QED) is 0.456. The zero-order valence-corrected chi connectivity index (χ0v) is 21.7. The fraction of sp³-hybridized carbons (Fsp3) is 0.259. The maximum absolute atomic E-state index is 14.7. The van der Waals surface area contributed by atoms with E-state index in [1.54, 1.807) is 51.4 Å². The van der Waals surface area contributed by atoms with Crippen molar-refractivity contribution >= 4 is 41.1 Å². The minimum Gasteiger partial charge on any atom is -0.355 e. The Morgan fingerprint density at radius 3 is 2.41 bits per heavy atom. The number of amides is 3. The molecule has 3 aromatic rings. The lowest BCUT2D eigenvalue weighted by atomic mass is 10.0. The molecule has 0 spiro atoms. The van der Waals surface area contributed by atoms with E-state index in [0.717, 1.165) is 0 Å². The Hall–Kier alpha value is -4.47. The van der Waals surface area contributed by atoms with Crippen molar-refractivity contribution in [1.29, 1.82) is 0 Å². The number of nitrogens with one attached hydrogen (secondary N) is 2. The van der Waals surface area contributed by atoms with Crippen LogP contribution in [0.1, 0.15) is 27.0 Å². The molecule has 3 amide bonds. The predicted octanol–water partition coefficient (Wildman–Crippen LogP) is 3.17. The summed E-state index contributed by atoms with van der Waals surface area (Å²) in [6.07, 6.45) is 0.599. The molecule has 0 unspecified atom stereocenters. The average molecular weight is 508 g/mol. The molecule has 194 valence electrons. The third-order valence-electron chi connectivity index (χ3n) is 6.01. The number of likely N-dealkylation sites (N-methyl/N-ethyl adjacent to an activating group) is 1. The number of hydrogen-bond donors (Lipinski definition) is 2. The molecule has 0 radical (unpaired) electrons. The number of pyridine rings is 1. The Morgan fingerprint density at radius 2 is 1.81 bits per heavy atom. The molecule has 37 heavy (non-hydrogen) atoms. The van der Waals surface area contributed by atoms with Gasteiger partial charge < -0.3 is 15.5 Å². The van der Waals surface area contributed by atoms with Crippen molar-refractivity contribution < 1.29 is 18.8 Å². The van der Waals surface area contributed by atoms with Gasteiger partial charge in [0.05, 0.1) is 17.8 Å². The predicted molar refractivity (Wildman–Crippen MR) is 141 cm³/mol.